The van der Waals surface area contributed by atoms with Crippen molar-refractivity contribution in [1.29, 1.82) is 0 Å². The largest absolute Gasteiger partial charge is 0.376 e. The summed E-state index contributed by atoms with van der Waals surface area (Å²) in [5.41, 5.74) is 6.22. The van der Waals surface area contributed by atoms with E-state index in [-0.39, 0.29) is 35.8 Å². The van der Waals surface area contributed by atoms with Gasteiger partial charge >= 0.3 is 0 Å². The number of hydrogen-bond donors (Lipinski definition) is 5. The van der Waals surface area contributed by atoms with Gasteiger partial charge in [-0.25, -0.2) is 0 Å². The van der Waals surface area contributed by atoms with E-state index in [9.17, 15) is 19.5 Å². The number of carbonyl (C=O) groups excluding carboxylic acids is 3. The zero-order valence-electron chi connectivity index (χ0n) is 30.0. The maximum atomic E-state index is 13.9. The molecule has 276 valence electrons. The van der Waals surface area contributed by atoms with Crippen LogP contribution in [0.15, 0.2) is 0 Å². The summed E-state index contributed by atoms with van der Waals surface area (Å²) in [7, 11) is 0. The van der Waals surface area contributed by atoms with Crippen LogP contribution in [0.4, 0.5) is 0 Å². The molecule has 0 bridgehead atoms. The normalized spacial score (nSPS) is 26.6. The SMILES string of the molecule is CC(=O)NC(C(=O)N1CCCC(N)C1)C(NCC1CCCN(C(O)C(NC(C)=O)C(C)OCC2CCCCC2)C1)OCC1CCCCC1. The first-order valence-electron chi connectivity index (χ1n) is 19.1. The Morgan fingerprint density at radius 2 is 1.35 bits per heavy atom. The van der Waals surface area contributed by atoms with Gasteiger partial charge in [-0.2, -0.15) is 0 Å². The molecule has 4 fully saturated rings. The molecule has 6 N–H and O–H groups in total. The number of piperidine rings is 2. The molecule has 0 aromatic heterocycles. The Labute approximate surface area is 289 Å². The standard InChI is InChI=1S/C36H66N6O6/c1-25(47-23-28-12-6-4-7-13-28)32(39-26(2)43)35(45)41-18-10-16-30(21-41)20-38-34(48-24-29-14-8-5-9-15-29)33(40-27(3)44)36(46)42-19-11-17-31(37)22-42/h25,28-35,38,45H,4-24,37H2,1-3H3,(H,39,43)(H,40,44). The molecule has 0 radical (unpaired) electrons. The Bertz CT molecular complexity index is 992. The topological polar surface area (TPSA) is 158 Å². The van der Waals surface area contributed by atoms with Gasteiger partial charge in [0.15, 0.2) is 0 Å². The number of nitrogens with two attached hydrogens (primary N) is 1. The van der Waals surface area contributed by atoms with Gasteiger partial charge in [-0.3, -0.25) is 24.6 Å². The lowest BCUT2D eigenvalue weighted by Crippen LogP contribution is -2.62. The molecule has 0 aromatic rings. The van der Waals surface area contributed by atoms with Crippen LogP contribution in [0.2, 0.25) is 0 Å². The van der Waals surface area contributed by atoms with Crippen molar-refractivity contribution in [2.24, 2.45) is 23.5 Å². The van der Waals surface area contributed by atoms with E-state index in [1.54, 1.807) is 4.90 Å². The predicted molar refractivity (Wildman–Crippen MR) is 186 cm³/mol. The quantitative estimate of drug-likeness (QED) is 0.155. The molecule has 2 aliphatic heterocycles. The lowest BCUT2D eigenvalue weighted by molar-refractivity contribution is -0.144. The summed E-state index contributed by atoms with van der Waals surface area (Å²) in [5.74, 6) is 0.509. The molecule has 4 rings (SSSR count). The molecule has 4 aliphatic rings. The van der Waals surface area contributed by atoms with E-state index in [1.165, 1.54) is 65.2 Å². The number of carbonyl (C=O) groups is 3. The van der Waals surface area contributed by atoms with Crippen LogP contribution in [0, 0.1) is 17.8 Å². The van der Waals surface area contributed by atoms with Crippen LogP contribution >= 0.6 is 0 Å². The number of rotatable bonds is 16. The van der Waals surface area contributed by atoms with Gasteiger partial charge in [-0.05, 0) is 76.0 Å². The molecule has 48 heavy (non-hydrogen) atoms. The first kappa shape index (κ1) is 39.0. The molecule has 0 spiro atoms. The minimum Gasteiger partial charge on any atom is -0.376 e. The van der Waals surface area contributed by atoms with Gasteiger partial charge in [0.1, 0.15) is 18.5 Å². The summed E-state index contributed by atoms with van der Waals surface area (Å²) in [6, 6.07) is -1.49. The lowest BCUT2D eigenvalue weighted by Gasteiger charge is -2.41. The Morgan fingerprint density at radius 3 is 1.96 bits per heavy atom. The van der Waals surface area contributed by atoms with Crippen molar-refractivity contribution < 1.29 is 29.0 Å². The van der Waals surface area contributed by atoms with Gasteiger partial charge in [0, 0.05) is 59.2 Å². The van der Waals surface area contributed by atoms with E-state index in [2.05, 4.69) is 16.0 Å². The second kappa shape index (κ2) is 20.1. The highest BCUT2D eigenvalue weighted by atomic mass is 16.5. The summed E-state index contributed by atoms with van der Waals surface area (Å²) < 4.78 is 12.8. The van der Waals surface area contributed by atoms with Crippen LogP contribution in [-0.4, -0.2) is 115 Å². The van der Waals surface area contributed by atoms with E-state index in [0.29, 0.717) is 57.8 Å². The van der Waals surface area contributed by atoms with E-state index in [4.69, 9.17) is 15.2 Å². The molecule has 2 aliphatic carbocycles. The van der Waals surface area contributed by atoms with Crippen LogP contribution in [-0.2, 0) is 23.9 Å². The summed E-state index contributed by atoms with van der Waals surface area (Å²) >= 11 is 0. The van der Waals surface area contributed by atoms with Crippen molar-refractivity contribution in [2.45, 2.75) is 147 Å². The number of aliphatic hydroxyl groups excluding tert-OH is 1. The van der Waals surface area contributed by atoms with E-state index >= 15 is 0 Å². The fourth-order valence-corrected chi connectivity index (χ4v) is 8.19. The molecule has 2 saturated carbocycles. The summed E-state index contributed by atoms with van der Waals surface area (Å²) in [6.45, 7) is 9.02. The minimum atomic E-state index is -0.895. The van der Waals surface area contributed by atoms with E-state index in [1.807, 2.05) is 11.8 Å². The van der Waals surface area contributed by atoms with E-state index in [0.717, 1.165) is 38.5 Å². The van der Waals surface area contributed by atoms with Gasteiger partial charge in [0.25, 0.3) is 0 Å². The number of hydrogen-bond acceptors (Lipinski definition) is 9. The summed E-state index contributed by atoms with van der Waals surface area (Å²) in [5, 5.41) is 21.1. The maximum Gasteiger partial charge on any atom is 0.249 e. The number of nitrogens with zero attached hydrogens (tertiary/aromatic N) is 2. The third kappa shape index (κ3) is 12.5. The molecule has 7 atom stereocenters. The summed E-state index contributed by atoms with van der Waals surface area (Å²) in [4.78, 5) is 42.3. The molecule has 2 heterocycles. The number of amides is 3. The van der Waals surface area contributed by atoms with Gasteiger partial charge in [-0.1, -0.05) is 38.5 Å². The second-order valence-electron chi connectivity index (χ2n) is 15.2. The van der Waals surface area contributed by atoms with Crippen molar-refractivity contribution in [3.05, 3.63) is 0 Å². The number of nitrogens with one attached hydrogen (secondary N) is 3. The zero-order valence-corrected chi connectivity index (χ0v) is 30.0. The highest BCUT2D eigenvalue weighted by Gasteiger charge is 2.38. The van der Waals surface area contributed by atoms with Gasteiger partial charge < -0.3 is 35.8 Å². The fraction of sp³-hybridized carbons (Fsp3) is 0.917. The number of ether oxygens (including phenoxy) is 2. The highest BCUT2D eigenvalue weighted by molar-refractivity contribution is 5.87. The van der Waals surface area contributed by atoms with Gasteiger partial charge in [0.2, 0.25) is 17.7 Å². The molecular weight excluding hydrogens is 612 g/mol. The second-order valence-corrected chi connectivity index (χ2v) is 15.2. The monoisotopic (exact) mass is 679 g/mol. The first-order chi connectivity index (χ1) is 23.1. The molecule has 3 amide bonds. The average molecular weight is 679 g/mol. The maximum absolute atomic E-state index is 13.9. The van der Waals surface area contributed by atoms with Crippen LogP contribution < -0.4 is 21.7 Å². The Hall–Kier alpha value is -1.83. The highest BCUT2D eigenvalue weighted by Crippen LogP contribution is 2.27. The third-order valence-corrected chi connectivity index (χ3v) is 11.0. The average Bonchev–Trinajstić information content (AvgIpc) is 3.09. The first-order valence-corrected chi connectivity index (χ1v) is 19.1. The summed E-state index contributed by atoms with van der Waals surface area (Å²) in [6.07, 6.45) is 13.6. The van der Waals surface area contributed by atoms with Crippen molar-refractivity contribution in [3.8, 4) is 0 Å². The Balaban J connectivity index is 1.40. The lowest BCUT2D eigenvalue weighted by atomic mass is 9.90. The van der Waals surface area contributed by atoms with E-state index < -0.39 is 24.5 Å². The molecule has 0 aromatic carbocycles. The molecule has 7 unspecified atom stereocenters. The molecule has 12 heteroatoms. The van der Waals surface area contributed by atoms with Crippen molar-refractivity contribution in [2.75, 3.05) is 45.9 Å². The molecule has 12 nitrogen and oxygen atoms in total. The smallest absolute Gasteiger partial charge is 0.249 e. The van der Waals surface area contributed by atoms with Crippen LogP contribution in [0.3, 0.4) is 0 Å². The number of aliphatic hydroxyl groups is 1. The molecule has 2 saturated heterocycles. The minimum absolute atomic E-state index is 0.0726. The Kier molecular flexibility index (Phi) is 16.3. The van der Waals surface area contributed by atoms with Crippen molar-refractivity contribution >= 4 is 17.7 Å². The van der Waals surface area contributed by atoms with Crippen molar-refractivity contribution in [3.63, 3.8) is 0 Å². The predicted octanol–water partition coefficient (Wildman–Crippen LogP) is 2.47. The van der Waals surface area contributed by atoms with Gasteiger partial charge in [-0.15, -0.1) is 0 Å². The zero-order chi connectivity index (χ0) is 34.5. The fourth-order valence-electron chi connectivity index (χ4n) is 8.19. The van der Waals surface area contributed by atoms with Crippen molar-refractivity contribution in [1.82, 2.24) is 25.8 Å². The molecular formula is C36H66N6O6. The van der Waals surface area contributed by atoms with Gasteiger partial charge in [0.05, 0.1) is 18.8 Å². The third-order valence-electron chi connectivity index (χ3n) is 11.0. The van der Waals surface area contributed by atoms with Crippen LogP contribution in [0.25, 0.3) is 0 Å². The Morgan fingerprint density at radius 1 is 0.771 bits per heavy atom. The van der Waals surface area contributed by atoms with Crippen LogP contribution in [0.1, 0.15) is 111 Å². The van der Waals surface area contributed by atoms with Crippen LogP contribution in [0.5, 0.6) is 0 Å². The number of likely N-dealkylation sites (tertiary alicyclic amines) is 2.